The Bertz CT molecular complexity index is 1240. The van der Waals surface area contributed by atoms with Crippen LogP contribution in [0.15, 0.2) is 47.4 Å². The molecule has 0 bridgehead atoms. The van der Waals surface area contributed by atoms with Crippen molar-refractivity contribution in [2.45, 2.75) is 12.8 Å². The van der Waals surface area contributed by atoms with Crippen molar-refractivity contribution >= 4 is 22.6 Å². The van der Waals surface area contributed by atoms with Gasteiger partial charge in [0.25, 0.3) is 0 Å². The van der Waals surface area contributed by atoms with Crippen molar-refractivity contribution in [2.24, 2.45) is 5.92 Å². The van der Waals surface area contributed by atoms with Crippen molar-refractivity contribution in [1.29, 1.82) is 0 Å². The molecule has 1 aromatic heterocycles. The average Bonchev–Trinajstić information content (AvgIpc) is 3.59. The summed E-state index contributed by atoms with van der Waals surface area (Å²) in [6, 6.07) is 8.20. The highest BCUT2D eigenvalue weighted by Crippen LogP contribution is 2.31. The van der Waals surface area contributed by atoms with Crippen LogP contribution in [-0.2, 0) is 0 Å². The molecule has 1 saturated heterocycles. The number of carboxylic acid groups (broad SMARTS) is 1. The van der Waals surface area contributed by atoms with Gasteiger partial charge in [-0.25, -0.2) is 13.6 Å². The Balaban J connectivity index is 1.59. The van der Waals surface area contributed by atoms with Crippen molar-refractivity contribution in [1.82, 2.24) is 9.47 Å². The van der Waals surface area contributed by atoms with Gasteiger partial charge < -0.3 is 14.6 Å². The Labute approximate surface area is 183 Å². The van der Waals surface area contributed by atoms with Gasteiger partial charge in [0.2, 0.25) is 5.43 Å². The van der Waals surface area contributed by atoms with Crippen LogP contribution in [0, 0.1) is 17.6 Å². The first kappa shape index (κ1) is 20.6. The molecule has 1 saturated carbocycles. The van der Waals surface area contributed by atoms with E-state index in [0.29, 0.717) is 30.0 Å². The van der Waals surface area contributed by atoms with E-state index < -0.39 is 28.6 Å². The maximum Gasteiger partial charge on any atom is 0.341 e. The van der Waals surface area contributed by atoms with E-state index in [-0.39, 0.29) is 5.39 Å². The number of carbonyl (C=O) groups is 1. The molecule has 8 heteroatoms. The number of aromatic nitrogens is 1. The molecule has 2 aliphatic rings. The lowest BCUT2D eigenvalue weighted by molar-refractivity contribution is 0.0695. The van der Waals surface area contributed by atoms with E-state index in [2.05, 4.69) is 4.90 Å². The smallest absolute Gasteiger partial charge is 0.341 e. The van der Waals surface area contributed by atoms with Gasteiger partial charge in [-0.1, -0.05) is 0 Å². The van der Waals surface area contributed by atoms with Gasteiger partial charge in [-0.3, -0.25) is 9.69 Å². The van der Waals surface area contributed by atoms with E-state index in [4.69, 9.17) is 0 Å². The highest BCUT2D eigenvalue weighted by atomic mass is 19.1. The predicted molar refractivity (Wildman–Crippen MR) is 118 cm³/mol. The Morgan fingerprint density at radius 1 is 1.03 bits per heavy atom. The molecule has 2 heterocycles. The van der Waals surface area contributed by atoms with Gasteiger partial charge in [-0.15, -0.1) is 0 Å². The maximum absolute atomic E-state index is 15.1. The summed E-state index contributed by atoms with van der Waals surface area (Å²) in [4.78, 5) is 28.8. The lowest BCUT2D eigenvalue weighted by Gasteiger charge is -2.36. The Morgan fingerprint density at radius 2 is 1.72 bits per heavy atom. The van der Waals surface area contributed by atoms with Crippen molar-refractivity contribution in [3.8, 4) is 5.69 Å². The van der Waals surface area contributed by atoms with Crippen LogP contribution in [-0.4, -0.2) is 53.3 Å². The summed E-state index contributed by atoms with van der Waals surface area (Å²) >= 11 is 0. The SMILES string of the molecule is O=C(O)c1cn(-c2ccc(F)cc2)c2cc(N3CCN(CC4CC4)CC3)c(F)cc2c1=O. The Hall–Kier alpha value is -3.26. The zero-order valence-electron chi connectivity index (χ0n) is 17.4. The van der Waals surface area contributed by atoms with E-state index in [9.17, 15) is 19.1 Å². The molecule has 1 aliphatic carbocycles. The maximum atomic E-state index is 15.1. The summed E-state index contributed by atoms with van der Waals surface area (Å²) in [5, 5.41) is 9.45. The number of piperazine rings is 1. The lowest BCUT2D eigenvalue weighted by Crippen LogP contribution is -2.47. The van der Waals surface area contributed by atoms with E-state index >= 15 is 4.39 Å². The molecule has 0 unspecified atom stereocenters. The third-order valence-electron chi connectivity index (χ3n) is 6.33. The van der Waals surface area contributed by atoms with E-state index in [1.54, 1.807) is 6.07 Å². The fourth-order valence-electron chi connectivity index (χ4n) is 4.38. The van der Waals surface area contributed by atoms with Crippen molar-refractivity contribution in [2.75, 3.05) is 37.6 Å². The first-order chi connectivity index (χ1) is 15.4. The second-order valence-corrected chi connectivity index (χ2v) is 8.58. The van der Waals surface area contributed by atoms with Gasteiger partial charge in [0.1, 0.15) is 17.2 Å². The standard InChI is InChI=1S/C24H23F2N3O3/c25-16-3-5-17(6-4-16)29-14-19(24(31)32)23(30)18-11-20(26)22(12-21(18)29)28-9-7-27(8-10-28)13-15-1-2-15/h3-6,11-12,14-15H,1-2,7-10,13H2,(H,31,32). The normalized spacial score (nSPS) is 17.1. The molecule has 3 aromatic rings. The number of carboxylic acids is 1. The highest BCUT2D eigenvalue weighted by Gasteiger charge is 2.27. The Kier molecular flexibility index (Phi) is 5.17. The largest absolute Gasteiger partial charge is 0.477 e. The van der Waals surface area contributed by atoms with Gasteiger partial charge >= 0.3 is 5.97 Å². The third-order valence-corrected chi connectivity index (χ3v) is 6.33. The summed E-state index contributed by atoms with van der Waals surface area (Å²) in [5.41, 5.74) is 0.0178. The van der Waals surface area contributed by atoms with Crippen LogP contribution in [0.25, 0.3) is 16.6 Å². The molecule has 0 atom stereocenters. The molecule has 1 N–H and O–H groups in total. The number of anilines is 1. The fraction of sp³-hybridized carbons (Fsp3) is 0.333. The topological polar surface area (TPSA) is 65.8 Å². The summed E-state index contributed by atoms with van der Waals surface area (Å²) < 4.78 is 30.1. The van der Waals surface area contributed by atoms with Crippen LogP contribution in [0.5, 0.6) is 0 Å². The molecule has 32 heavy (non-hydrogen) atoms. The van der Waals surface area contributed by atoms with Gasteiger partial charge in [0, 0.05) is 50.0 Å². The quantitative estimate of drug-likeness (QED) is 0.659. The van der Waals surface area contributed by atoms with Crippen LogP contribution in [0.1, 0.15) is 23.2 Å². The number of nitrogens with zero attached hydrogens (tertiary/aromatic N) is 3. The number of hydrogen-bond acceptors (Lipinski definition) is 4. The number of aromatic carboxylic acids is 1. The molecule has 1 aliphatic heterocycles. The second-order valence-electron chi connectivity index (χ2n) is 8.58. The monoisotopic (exact) mass is 439 g/mol. The summed E-state index contributed by atoms with van der Waals surface area (Å²) in [6.07, 6.45) is 3.80. The molecular weight excluding hydrogens is 416 g/mol. The summed E-state index contributed by atoms with van der Waals surface area (Å²) in [5.74, 6) is -1.59. The molecule has 0 amide bonds. The molecule has 166 valence electrons. The van der Waals surface area contributed by atoms with E-state index in [1.165, 1.54) is 47.9 Å². The van der Waals surface area contributed by atoms with Crippen molar-refractivity contribution in [3.05, 3.63) is 70.0 Å². The molecule has 2 fully saturated rings. The molecule has 0 radical (unpaired) electrons. The molecule has 0 spiro atoms. The zero-order chi connectivity index (χ0) is 22.4. The zero-order valence-corrected chi connectivity index (χ0v) is 17.4. The molecule has 6 nitrogen and oxygen atoms in total. The van der Waals surface area contributed by atoms with Gasteiger partial charge in [0.05, 0.1) is 11.2 Å². The van der Waals surface area contributed by atoms with Gasteiger partial charge in [-0.2, -0.15) is 0 Å². The number of hydrogen-bond donors (Lipinski definition) is 1. The number of halogens is 2. The molecule has 2 aromatic carbocycles. The third kappa shape index (κ3) is 3.86. The molecular formula is C24H23F2N3O3. The average molecular weight is 439 g/mol. The second kappa shape index (κ2) is 8.02. The fourth-order valence-corrected chi connectivity index (χ4v) is 4.38. The number of pyridine rings is 1. The van der Waals surface area contributed by atoms with Crippen molar-refractivity contribution in [3.63, 3.8) is 0 Å². The van der Waals surface area contributed by atoms with Crippen LogP contribution >= 0.6 is 0 Å². The summed E-state index contributed by atoms with van der Waals surface area (Å²) in [6.45, 7) is 4.12. The van der Waals surface area contributed by atoms with Crippen LogP contribution in [0.2, 0.25) is 0 Å². The first-order valence-corrected chi connectivity index (χ1v) is 10.8. The first-order valence-electron chi connectivity index (χ1n) is 10.8. The van der Waals surface area contributed by atoms with Crippen LogP contribution < -0.4 is 10.3 Å². The van der Waals surface area contributed by atoms with Gasteiger partial charge in [0.15, 0.2) is 0 Å². The van der Waals surface area contributed by atoms with Crippen LogP contribution in [0.4, 0.5) is 14.5 Å². The van der Waals surface area contributed by atoms with E-state index in [1.807, 2.05) is 4.90 Å². The van der Waals surface area contributed by atoms with Crippen molar-refractivity contribution < 1.29 is 18.7 Å². The summed E-state index contributed by atoms with van der Waals surface area (Å²) in [7, 11) is 0. The number of rotatable bonds is 5. The molecule has 5 rings (SSSR count). The Morgan fingerprint density at radius 3 is 2.34 bits per heavy atom. The van der Waals surface area contributed by atoms with Gasteiger partial charge in [-0.05, 0) is 55.2 Å². The number of fused-ring (bicyclic) bond motifs is 1. The predicted octanol–water partition coefficient (Wildman–Crippen LogP) is 3.50. The van der Waals surface area contributed by atoms with E-state index in [0.717, 1.165) is 31.6 Å². The lowest BCUT2D eigenvalue weighted by atomic mass is 10.1. The minimum atomic E-state index is -1.40. The van der Waals surface area contributed by atoms with Crippen LogP contribution in [0.3, 0.4) is 0 Å². The minimum absolute atomic E-state index is 0.0251. The minimum Gasteiger partial charge on any atom is -0.477 e. The highest BCUT2D eigenvalue weighted by molar-refractivity contribution is 5.94. The number of benzene rings is 2.